The van der Waals surface area contributed by atoms with Crippen LogP contribution in [-0.4, -0.2) is 26.8 Å². The van der Waals surface area contributed by atoms with Crippen LogP contribution in [-0.2, 0) is 16.6 Å². The number of benzene rings is 1. The van der Waals surface area contributed by atoms with Crippen molar-refractivity contribution in [1.29, 1.82) is 0 Å². The van der Waals surface area contributed by atoms with Gasteiger partial charge in [-0.1, -0.05) is 6.42 Å². The summed E-state index contributed by atoms with van der Waals surface area (Å²) in [5, 5.41) is 3.14. The first-order chi connectivity index (χ1) is 9.46. The van der Waals surface area contributed by atoms with Crippen molar-refractivity contribution in [2.75, 3.05) is 12.3 Å². The lowest BCUT2D eigenvalue weighted by molar-refractivity contribution is 0.422. The van der Waals surface area contributed by atoms with Crippen molar-refractivity contribution in [3.8, 4) is 0 Å². The van der Waals surface area contributed by atoms with Gasteiger partial charge in [0, 0.05) is 18.2 Å². The zero-order valence-corrected chi connectivity index (χ0v) is 11.8. The molecule has 7 heteroatoms. The smallest absolute Gasteiger partial charge is 0.213 e. The van der Waals surface area contributed by atoms with Crippen LogP contribution in [0.15, 0.2) is 18.2 Å². The quantitative estimate of drug-likeness (QED) is 0.867. The van der Waals surface area contributed by atoms with Crippen molar-refractivity contribution in [2.24, 2.45) is 0 Å². The van der Waals surface area contributed by atoms with Crippen LogP contribution in [0.2, 0.25) is 0 Å². The van der Waals surface area contributed by atoms with E-state index >= 15 is 0 Å². The monoisotopic (exact) mass is 304 g/mol. The van der Waals surface area contributed by atoms with Crippen LogP contribution in [0.25, 0.3) is 0 Å². The molecule has 1 saturated heterocycles. The van der Waals surface area contributed by atoms with E-state index in [1.54, 1.807) is 0 Å². The molecule has 4 nitrogen and oxygen atoms in total. The third-order valence-corrected chi connectivity index (χ3v) is 4.75. The molecule has 0 bridgehead atoms. The summed E-state index contributed by atoms with van der Waals surface area (Å²) in [5.41, 5.74) is 0.00479. The first kappa shape index (κ1) is 15.3. The Balaban J connectivity index is 1.92. The number of hydrogen-bond donors (Lipinski definition) is 2. The van der Waals surface area contributed by atoms with Crippen LogP contribution in [0.5, 0.6) is 0 Å². The van der Waals surface area contributed by atoms with E-state index in [-0.39, 0.29) is 23.9 Å². The third kappa shape index (κ3) is 4.50. The summed E-state index contributed by atoms with van der Waals surface area (Å²) >= 11 is 0. The Morgan fingerprint density at radius 1 is 1.30 bits per heavy atom. The van der Waals surface area contributed by atoms with Crippen molar-refractivity contribution in [3.05, 3.63) is 35.4 Å². The van der Waals surface area contributed by atoms with Crippen molar-refractivity contribution >= 4 is 10.0 Å². The molecule has 112 valence electrons. The summed E-state index contributed by atoms with van der Waals surface area (Å²) in [5.74, 6) is -1.25. The highest BCUT2D eigenvalue weighted by atomic mass is 32.2. The van der Waals surface area contributed by atoms with Gasteiger partial charge in [0.05, 0.1) is 5.75 Å². The summed E-state index contributed by atoms with van der Waals surface area (Å²) in [6, 6.07) is 2.91. The Bertz CT molecular complexity index is 557. The molecule has 1 heterocycles. The summed E-state index contributed by atoms with van der Waals surface area (Å²) in [4.78, 5) is 0. The van der Waals surface area contributed by atoms with Gasteiger partial charge >= 0.3 is 0 Å². The maximum atomic E-state index is 13.4. The highest BCUT2D eigenvalue weighted by Crippen LogP contribution is 2.11. The lowest BCUT2D eigenvalue weighted by atomic mass is 10.1. The van der Waals surface area contributed by atoms with Gasteiger partial charge in [-0.3, -0.25) is 0 Å². The Kier molecular flexibility index (Phi) is 5.06. The highest BCUT2D eigenvalue weighted by molar-refractivity contribution is 7.89. The molecule has 0 amide bonds. The lowest BCUT2D eigenvalue weighted by Crippen LogP contribution is -2.42. The molecule has 20 heavy (non-hydrogen) atoms. The molecule has 1 aromatic rings. The van der Waals surface area contributed by atoms with Gasteiger partial charge in [0.15, 0.2) is 0 Å². The fourth-order valence-electron chi connectivity index (χ4n) is 2.26. The van der Waals surface area contributed by atoms with Crippen LogP contribution >= 0.6 is 0 Å². The van der Waals surface area contributed by atoms with Crippen molar-refractivity contribution in [3.63, 3.8) is 0 Å². The summed E-state index contributed by atoms with van der Waals surface area (Å²) < 4.78 is 52.5. The van der Waals surface area contributed by atoms with Crippen molar-refractivity contribution in [2.45, 2.75) is 31.8 Å². The molecule has 1 atom stereocenters. The average Bonchev–Trinajstić information content (AvgIpc) is 2.40. The van der Waals surface area contributed by atoms with Crippen LogP contribution < -0.4 is 10.0 Å². The van der Waals surface area contributed by atoms with Gasteiger partial charge in [0.25, 0.3) is 0 Å². The van der Waals surface area contributed by atoms with E-state index in [9.17, 15) is 17.2 Å². The van der Waals surface area contributed by atoms with Crippen LogP contribution in [0, 0.1) is 11.6 Å². The second kappa shape index (κ2) is 6.60. The standard InChI is InChI=1S/C13H18F2N2O2S/c14-11-4-5-13(15)10(7-11)8-17-20(18,19)9-12-3-1-2-6-16-12/h4-5,7,12,16-17H,1-3,6,8-9H2. The molecular formula is C13H18F2N2O2S. The minimum atomic E-state index is -3.51. The molecule has 0 aliphatic carbocycles. The van der Waals surface area contributed by atoms with Gasteiger partial charge in [-0.2, -0.15) is 0 Å². The second-order valence-electron chi connectivity index (χ2n) is 4.99. The van der Waals surface area contributed by atoms with Crippen molar-refractivity contribution < 1.29 is 17.2 Å². The zero-order chi connectivity index (χ0) is 14.6. The number of halogens is 2. The highest BCUT2D eigenvalue weighted by Gasteiger charge is 2.21. The van der Waals surface area contributed by atoms with Crippen LogP contribution in [0.4, 0.5) is 8.78 Å². The molecule has 1 aliphatic heterocycles. The van der Waals surface area contributed by atoms with E-state index in [0.29, 0.717) is 0 Å². The Labute approximate surface area is 117 Å². The minimum Gasteiger partial charge on any atom is -0.313 e. The van der Waals surface area contributed by atoms with E-state index in [1.807, 2.05) is 0 Å². The average molecular weight is 304 g/mol. The molecule has 1 aromatic carbocycles. The number of sulfonamides is 1. The molecule has 0 radical (unpaired) electrons. The minimum absolute atomic E-state index is 0.00479. The van der Waals surface area contributed by atoms with E-state index in [1.165, 1.54) is 0 Å². The van der Waals surface area contributed by atoms with Gasteiger partial charge < -0.3 is 5.32 Å². The number of piperidine rings is 1. The Morgan fingerprint density at radius 2 is 2.10 bits per heavy atom. The SMILES string of the molecule is O=S(=O)(CC1CCCCN1)NCc1cc(F)ccc1F. The normalized spacial score (nSPS) is 20.0. The molecule has 2 rings (SSSR count). The number of nitrogens with one attached hydrogen (secondary N) is 2. The van der Waals surface area contributed by atoms with Crippen LogP contribution in [0.1, 0.15) is 24.8 Å². The van der Waals surface area contributed by atoms with E-state index < -0.39 is 21.7 Å². The summed E-state index contributed by atoms with van der Waals surface area (Å²) in [7, 11) is -3.51. The maximum Gasteiger partial charge on any atom is 0.213 e. The first-order valence-electron chi connectivity index (χ1n) is 6.61. The first-order valence-corrected chi connectivity index (χ1v) is 8.26. The van der Waals surface area contributed by atoms with Gasteiger partial charge in [-0.25, -0.2) is 21.9 Å². The topological polar surface area (TPSA) is 58.2 Å². The fourth-order valence-corrected chi connectivity index (χ4v) is 3.56. The molecule has 2 N–H and O–H groups in total. The number of rotatable bonds is 5. The van der Waals surface area contributed by atoms with Gasteiger partial charge in [0.2, 0.25) is 10.0 Å². The zero-order valence-electron chi connectivity index (χ0n) is 11.0. The number of hydrogen-bond acceptors (Lipinski definition) is 3. The molecule has 0 aromatic heterocycles. The Morgan fingerprint density at radius 3 is 2.80 bits per heavy atom. The third-order valence-electron chi connectivity index (χ3n) is 3.32. The van der Waals surface area contributed by atoms with Crippen LogP contribution in [0.3, 0.4) is 0 Å². The van der Waals surface area contributed by atoms with Gasteiger partial charge in [-0.05, 0) is 37.6 Å². The predicted octanol–water partition coefficient (Wildman–Crippen LogP) is 1.53. The largest absolute Gasteiger partial charge is 0.313 e. The summed E-state index contributed by atoms with van der Waals surface area (Å²) in [6.07, 6.45) is 2.87. The summed E-state index contributed by atoms with van der Waals surface area (Å²) in [6.45, 7) is 0.581. The van der Waals surface area contributed by atoms with E-state index in [0.717, 1.165) is 44.0 Å². The Hall–Kier alpha value is -1.05. The van der Waals surface area contributed by atoms with Gasteiger partial charge in [-0.15, -0.1) is 0 Å². The molecule has 1 unspecified atom stereocenters. The molecule has 1 fully saturated rings. The molecule has 1 aliphatic rings. The van der Waals surface area contributed by atoms with Gasteiger partial charge in [0.1, 0.15) is 11.6 Å². The lowest BCUT2D eigenvalue weighted by Gasteiger charge is -2.23. The molecule has 0 saturated carbocycles. The second-order valence-corrected chi connectivity index (χ2v) is 6.84. The fraction of sp³-hybridized carbons (Fsp3) is 0.538. The maximum absolute atomic E-state index is 13.4. The molecular weight excluding hydrogens is 286 g/mol. The van der Waals surface area contributed by atoms with E-state index in [2.05, 4.69) is 10.0 Å². The van der Waals surface area contributed by atoms with Crippen molar-refractivity contribution in [1.82, 2.24) is 10.0 Å². The predicted molar refractivity (Wildman–Crippen MR) is 72.6 cm³/mol. The molecule has 0 spiro atoms. The van der Waals surface area contributed by atoms with E-state index in [4.69, 9.17) is 0 Å².